The van der Waals surface area contributed by atoms with Gasteiger partial charge in [0.05, 0.1) is 40.0 Å². The third-order valence-electron chi connectivity index (χ3n) is 3.78. The van der Waals surface area contributed by atoms with Crippen molar-refractivity contribution in [3.8, 4) is 17.2 Å². The number of quaternary nitrogens is 1. The number of hydrogen-bond acceptors (Lipinski definition) is 5. The van der Waals surface area contributed by atoms with Crippen LogP contribution in [0.4, 0.5) is 0 Å². The van der Waals surface area contributed by atoms with Crippen LogP contribution in [0, 0.1) is 0 Å². The minimum Gasteiger partial charge on any atom is -0.493 e. The highest BCUT2D eigenvalue weighted by molar-refractivity contribution is 5.91. The van der Waals surface area contributed by atoms with Gasteiger partial charge in [-0.3, -0.25) is 0 Å². The first kappa shape index (κ1) is 19.1. The molecule has 1 rings (SSSR count). The topological polar surface area (TPSA) is 58.4 Å². The van der Waals surface area contributed by atoms with Crippen molar-refractivity contribution in [2.75, 3.05) is 41.0 Å². The Morgan fingerprint density at radius 2 is 1.57 bits per heavy atom. The molecule has 130 valence electrons. The average Bonchev–Trinajstić information content (AvgIpc) is 2.57. The molecule has 0 aromatic heterocycles. The molecule has 1 N–H and O–H groups in total. The fourth-order valence-electron chi connectivity index (χ4n) is 2.44. The standard InChI is InChI=1S/C17H27NO5/c1-7-18(8-2)11-12(3)23-17(19)13-9-14(20-4)16(22-6)15(10-13)21-5/h9-10,12H,7-8,11H2,1-6H3/p+1/t12-/m1/s1. The van der Waals surface area contributed by atoms with E-state index in [4.69, 9.17) is 18.9 Å². The first-order chi connectivity index (χ1) is 11.0. The Kier molecular flexibility index (Phi) is 7.68. The van der Waals surface area contributed by atoms with Crippen LogP contribution in [-0.4, -0.2) is 53.0 Å². The summed E-state index contributed by atoms with van der Waals surface area (Å²) in [5, 5.41) is 0. The average molecular weight is 326 g/mol. The zero-order valence-corrected chi connectivity index (χ0v) is 14.9. The number of rotatable bonds is 9. The van der Waals surface area contributed by atoms with Gasteiger partial charge < -0.3 is 23.8 Å². The van der Waals surface area contributed by atoms with Gasteiger partial charge in [0.2, 0.25) is 5.75 Å². The maximum absolute atomic E-state index is 12.4. The van der Waals surface area contributed by atoms with Crippen LogP contribution in [0.3, 0.4) is 0 Å². The number of likely N-dealkylation sites (N-methyl/N-ethyl adjacent to an activating group) is 1. The largest absolute Gasteiger partial charge is 0.493 e. The van der Waals surface area contributed by atoms with Gasteiger partial charge in [0.15, 0.2) is 11.5 Å². The molecule has 0 aliphatic carbocycles. The summed E-state index contributed by atoms with van der Waals surface area (Å²) in [7, 11) is 4.55. The van der Waals surface area contributed by atoms with E-state index < -0.39 is 5.97 Å². The third kappa shape index (κ3) is 5.03. The van der Waals surface area contributed by atoms with Gasteiger partial charge in [-0.05, 0) is 32.9 Å². The number of carbonyl (C=O) groups is 1. The second-order valence-electron chi connectivity index (χ2n) is 5.29. The molecular weight excluding hydrogens is 298 g/mol. The maximum Gasteiger partial charge on any atom is 0.338 e. The van der Waals surface area contributed by atoms with E-state index in [1.54, 1.807) is 12.1 Å². The van der Waals surface area contributed by atoms with E-state index in [1.165, 1.54) is 26.2 Å². The van der Waals surface area contributed by atoms with Crippen LogP contribution in [-0.2, 0) is 4.74 Å². The first-order valence-electron chi connectivity index (χ1n) is 7.85. The molecule has 0 radical (unpaired) electrons. The van der Waals surface area contributed by atoms with Crippen molar-refractivity contribution in [1.29, 1.82) is 0 Å². The van der Waals surface area contributed by atoms with Crippen LogP contribution in [0.1, 0.15) is 31.1 Å². The van der Waals surface area contributed by atoms with Crippen molar-refractivity contribution in [3.63, 3.8) is 0 Å². The van der Waals surface area contributed by atoms with Gasteiger partial charge in [0, 0.05) is 0 Å². The molecule has 23 heavy (non-hydrogen) atoms. The summed E-state index contributed by atoms with van der Waals surface area (Å²) in [6.45, 7) is 8.93. The highest BCUT2D eigenvalue weighted by Crippen LogP contribution is 2.38. The number of ether oxygens (including phenoxy) is 4. The monoisotopic (exact) mass is 326 g/mol. The lowest BCUT2D eigenvalue weighted by atomic mass is 10.2. The third-order valence-corrected chi connectivity index (χ3v) is 3.78. The summed E-state index contributed by atoms with van der Waals surface area (Å²) in [4.78, 5) is 13.8. The van der Waals surface area contributed by atoms with Crippen LogP contribution in [0.5, 0.6) is 17.2 Å². The minimum absolute atomic E-state index is 0.170. The van der Waals surface area contributed by atoms with Gasteiger partial charge >= 0.3 is 5.97 Å². The molecule has 1 aromatic rings. The second-order valence-corrected chi connectivity index (χ2v) is 5.29. The first-order valence-corrected chi connectivity index (χ1v) is 7.85. The van der Waals surface area contributed by atoms with E-state index in [-0.39, 0.29) is 6.10 Å². The molecule has 0 amide bonds. The summed E-state index contributed by atoms with van der Waals surface area (Å²) in [6.07, 6.45) is -0.170. The normalized spacial score (nSPS) is 12.0. The van der Waals surface area contributed by atoms with Crippen molar-refractivity contribution >= 4 is 5.97 Å². The Morgan fingerprint density at radius 3 is 1.96 bits per heavy atom. The van der Waals surface area contributed by atoms with Crippen LogP contribution < -0.4 is 19.1 Å². The Labute approximate surface area is 138 Å². The Hall–Kier alpha value is -1.95. The summed E-state index contributed by atoms with van der Waals surface area (Å²) < 4.78 is 21.3. The Balaban J connectivity index is 2.91. The fraction of sp³-hybridized carbons (Fsp3) is 0.588. The molecule has 1 atom stereocenters. The summed E-state index contributed by atoms with van der Waals surface area (Å²) in [6, 6.07) is 3.20. The van der Waals surface area contributed by atoms with Crippen molar-refractivity contribution in [2.45, 2.75) is 26.9 Å². The van der Waals surface area contributed by atoms with E-state index >= 15 is 0 Å². The zero-order chi connectivity index (χ0) is 17.4. The van der Waals surface area contributed by atoms with Gasteiger partial charge in [-0.15, -0.1) is 0 Å². The summed E-state index contributed by atoms with van der Waals surface area (Å²) in [5.74, 6) is 0.914. The summed E-state index contributed by atoms with van der Waals surface area (Å²) in [5.41, 5.74) is 0.376. The Morgan fingerprint density at radius 1 is 1.04 bits per heavy atom. The quantitative estimate of drug-likeness (QED) is 0.691. The predicted octanol–water partition coefficient (Wildman–Crippen LogP) is 1.18. The molecular formula is C17H28NO5+. The van der Waals surface area contributed by atoms with E-state index in [1.807, 2.05) is 6.92 Å². The van der Waals surface area contributed by atoms with Crippen molar-refractivity contribution in [2.24, 2.45) is 0 Å². The SMILES string of the molecule is CC[NH+](CC)C[C@@H](C)OC(=O)c1cc(OC)c(OC)c(OC)c1. The van der Waals surface area contributed by atoms with Crippen molar-refractivity contribution < 1.29 is 28.6 Å². The molecule has 0 unspecified atom stereocenters. The number of carbonyl (C=O) groups excluding carboxylic acids is 1. The highest BCUT2D eigenvalue weighted by atomic mass is 16.5. The lowest BCUT2D eigenvalue weighted by molar-refractivity contribution is -0.899. The van der Waals surface area contributed by atoms with Gasteiger partial charge in [-0.1, -0.05) is 0 Å². The van der Waals surface area contributed by atoms with Gasteiger partial charge in [0.25, 0.3) is 0 Å². The fourth-order valence-corrected chi connectivity index (χ4v) is 2.44. The second kappa shape index (κ2) is 9.25. The molecule has 6 heteroatoms. The number of methoxy groups -OCH3 is 3. The Bertz CT molecular complexity index is 489. The number of esters is 1. The molecule has 0 saturated carbocycles. The van der Waals surface area contributed by atoms with E-state index in [0.717, 1.165) is 19.6 Å². The number of nitrogens with one attached hydrogen (secondary N) is 1. The number of benzene rings is 1. The van der Waals surface area contributed by atoms with Gasteiger partial charge in [-0.25, -0.2) is 4.79 Å². The molecule has 0 aliphatic rings. The van der Waals surface area contributed by atoms with Crippen LogP contribution in [0.25, 0.3) is 0 Å². The molecule has 0 bridgehead atoms. The molecule has 0 heterocycles. The minimum atomic E-state index is -0.400. The predicted molar refractivity (Wildman–Crippen MR) is 87.9 cm³/mol. The molecule has 0 aliphatic heterocycles. The summed E-state index contributed by atoms with van der Waals surface area (Å²) >= 11 is 0. The van der Waals surface area contributed by atoms with E-state index in [9.17, 15) is 4.79 Å². The lowest BCUT2D eigenvalue weighted by Gasteiger charge is -2.20. The number of hydrogen-bond donors (Lipinski definition) is 1. The molecule has 6 nitrogen and oxygen atoms in total. The lowest BCUT2D eigenvalue weighted by Crippen LogP contribution is -3.12. The highest BCUT2D eigenvalue weighted by Gasteiger charge is 2.20. The van der Waals surface area contributed by atoms with Crippen LogP contribution in [0.2, 0.25) is 0 Å². The van der Waals surface area contributed by atoms with Gasteiger partial charge in [-0.2, -0.15) is 0 Å². The molecule has 0 saturated heterocycles. The molecule has 0 spiro atoms. The van der Waals surface area contributed by atoms with Crippen LogP contribution in [0.15, 0.2) is 12.1 Å². The van der Waals surface area contributed by atoms with E-state index in [2.05, 4.69) is 13.8 Å². The van der Waals surface area contributed by atoms with Crippen molar-refractivity contribution in [3.05, 3.63) is 17.7 Å². The van der Waals surface area contributed by atoms with Gasteiger partial charge in [0.1, 0.15) is 12.6 Å². The zero-order valence-electron chi connectivity index (χ0n) is 14.9. The van der Waals surface area contributed by atoms with E-state index in [0.29, 0.717) is 22.8 Å². The smallest absolute Gasteiger partial charge is 0.338 e. The molecule has 1 aromatic carbocycles. The van der Waals surface area contributed by atoms with Crippen molar-refractivity contribution in [1.82, 2.24) is 0 Å². The molecule has 0 fully saturated rings. The van der Waals surface area contributed by atoms with Crippen LogP contribution >= 0.6 is 0 Å². The maximum atomic E-state index is 12.4.